The van der Waals surface area contributed by atoms with E-state index in [0.717, 1.165) is 128 Å². The van der Waals surface area contributed by atoms with Crippen LogP contribution in [0.5, 0.6) is 0 Å². The van der Waals surface area contributed by atoms with Crippen molar-refractivity contribution in [3.63, 3.8) is 0 Å². The normalized spacial score (nSPS) is 14.4. The summed E-state index contributed by atoms with van der Waals surface area (Å²) in [6.07, 6.45) is 24.7. The van der Waals surface area contributed by atoms with Crippen LogP contribution in [0.4, 0.5) is 0 Å². The maximum absolute atomic E-state index is 13.1. The molecule has 23 heteroatoms. The van der Waals surface area contributed by atoms with Gasteiger partial charge < -0.3 is 82.2 Å². The second-order valence-electron chi connectivity index (χ2n) is 26.4. The first-order valence-corrected chi connectivity index (χ1v) is 38.9. The van der Waals surface area contributed by atoms with Gasteiger partial charge in [-0.25, -0.2) is 19.2 Å². The van der Waals surface area contributed by atoms with Crippen molar-refractivity contribution in [3.8, 4) is 0 Å². The zero-order valence-corrected chi connectivity index (χ0v) is 63.5. The SMILES string of the molecule is CCCCCCOC(C)OCCCCCCOC(=O)C(O)CN(CCCN(C)CCCN(CC(O)C(=O)OCCCCCCOC(C)OCCCCCC)CC(O)C(=O)OCCCCCCOC(C)OCCCCCC)CC(O)C(=O)OCCCCCCOC(C)OCCCCCC. The Bertz CT molecular complexity index is 1550. The van der Waals surface area contributed by atoms with E-state index in [1.165, 1.54) is 51.4 Å². The average molecular weight is 1410 g/mol. The van der Waals surface area contributed by atoms with Crippen molar-refractivity contribution in [3.05, 3.63) is 0 Å². The lowest BCUT2D eigenvalue weighted by molar-refractivity contribution is -0.158. The lowest BCUT2D eigenvalue weighted by Crippen LogP contribution is -2.45. The summed E-state index contributed by atoms with van der Waals surface area (Å²) >= 11 is 0. The molecule has 0 aliphatic carbocycles. The van der Waals surface area contributed by atoms with E-state index in [2.05, 4.69) is 32.6 Å². The van der Waals surface area contributed by atoms with Crippen LogP contribution in [-0.4, -0.2) is 247 Å². The van der Waals surface area contributed by atoms with Crippen LogP contribution in [0.2, 0.25) is 0 Å². The Labute approximate surface area is 594 Å². The van der Waals surface area contributed by atoms with Crippen LogP contribution in [-0.2, 0) is 76.0 Å². The highest BCUT2D eigenvalue weighted by Crippen LogP contribution is 2.13. The molecule has 0 aliphatic heterocycles. The number of rotatable bonds is 76. The minimum absolute atomic E-state index is 0.136. The van der Waals surface area contributed by atoms with E-state index < -0.39 is 48.3 Å². The van der Waals surface area contributed by atoms with E-state index in [0.29, 0.717) is 118 Å². The van der Waals surface area contributed by atoms with E-state index in [1.807, 2.05) is 34.7 Å². The Morgan fingerprint density at radius 2 is 0.429 bits per heavy atom. The van der Waals surface area contributed by atoms with Gasteiger partial charge in [0.05, 0.1) is 26.4 Å². The smallest absolute Gasteiger partial charge is 0.336 e. The lowest BCUT2D eigenvalue weighted by atomic mass is 10.2. The van der Waals surface area contributed by atoms with Gasteiger partial charge in [-0.05, 0) is 176 Å². The molecule has 4 N–H and O–H groups in total. The summed E-state index contributed by atoms with van der Waals surface area (Å²) in [5.41, 5.74) is 0. The van der Waals surface area contributed by atoms with E-state index >= 15 is 0 Å². The van der Waals surface area contributed by atoms with Gasteiger partial charge in [0, 0.05) is 79.0 Å². The Hall–Kier alpha value is -2.72. The van der Waals surface area contributed by atoms with Crippen LogP contribution in [0.1, 0.15) is 274 Å². The minimum atomic E-state index is -1.53. The Balaban J connectivity index is 5.56. The van der Waals surface area contributed by atoms with Crippen LogP contribution in [0.25, 0.3) is 0 Å². The van der Waals surface area contributed by atoms with E-state index in [9.17, 15) is 39.6 Å². The van der Waals surface area contributed by atoms with Gasteiger partial charge in [0.15, 0.2) is 49.6 Å². The monoisotopic (exact) mass is 1410 g/mol. The van der Waals surface area contributed by atoms with Gasteiger partial charge in [0.2, 0.25) is 0 Å². The predicted molar refractivity (Wildman–Crippen MR) is 383 cm³/mol. The average Bonchev–Trinajstić information content (AvgIpc) is 1.08. The third kappa shape index (κ3) is 61.9. The topological polar surface area (TPSA) is 270 Å². The predicted octanol–water partition coefficient (Wildman–Crippen LogP) is 12.0. The second-order valence-corrected chi connectivity index (χ2v) is 26.4. The number of aliphatic hydroxyl groups excluding tert-OH is 4. The molecule has 582 valence electrons. The Morgan fingerprint density at radius 1 is 0.255 bits per heavy atom. The summed E-state index contributed by atoms with van der Waals surface area (Å²) in [6.45, 7) is 22.9. The third-order valence-corrected chi connectivity index (χ3v) is 16.8. The molecule has 0 rings (SSSR count). The molecule has 0 radical (unpaired) electrons. The first kappa shape index (κ1) is 95.3. The van der Waals surface area contributed by atoms with E-state index in [1.54, 1.807) is 9.80 Å². The maximum atomic E-state index is 13.1. The first-order chi connectivity index (χ1) is 47.5. The summed E-state index contributed by atoms with van der Waals surface area (Å²) < 4.78 is 67.9. The van der Waals surface area contributed by atoms with Crippen molar-refractivity contribution in [1.82, 2.24) is 14.7 Å². The number of unbranched alkanes of at least 4 members (excludes halogenated alkanes) is 24. The van der Waals surface area contributed by atoms with Crippen LogP contribution in [0.15, 0.2) is 0 Å². The highest BCUT2D eigenvalue weighted by molar-refractivity contribution is 5.76. The van der Waals surface area contributed by atoms with Crippen molar-refractivity contribution < 1.29 is 96.4 Å². The number of ether oxygens (including phenoxy) is 12. The van der Waals surface area contributed by atoms with Crippen molar-refractivity contribution >= 4 is 23.9 Å². The number of aliphatic hydroxyl groups is 4. The standard InChI is InChI=1S/C75H147N3O20/c1-10-14-18-30-48-87-64(5)91-52-34-22-26-38-56-95-72(83)68(79)60-77(61-69(80)73(84)96-57-39-27-23-35-53-92-65(6)88-49-31-19-15-11-2)46-42-44-76(9)45-43-47-78(62-70(81)74(85)97-58-40-28-24-36-54-93-66(7)89-50-32-20-16-12-3)63-71(82)75(86)98-59-41-29-25-37-55-94-67(8)90-51-33-21-17-13-4/h64-71,79-82H,10-63H2,1-9H3. The van der Waals surface area contributed by atoms with Gasteiger partial charge in [-0.15, -0.1) is 0 Å². The van der Waals surface area contributed by atoms with Gasteiger partial charge in [0.25, 0.3) is 0 Å². The lowest BCUT2D eigenvalue weighted by Gasteiger charge is -2.28. The number of carbonyl (C=O) groups excluding carboxylic acids is 4. The molecule has 0 saturated heterocycles. The molecular weight excluding hydrogens is 1260 g/mol. The molecule has 8 unspecified atom stereocenters. The molecular formula is C75H147N3O20. The summed E-state index contributed by atoms with van der Waals surface area (Å²) in [5, 5.41) is 44.4. The van der Waals surface area contributed by atoms with Crippen LogP contribution in [0.3, 0.4) is 0 Å². The highest BCUT2D eigenvalue weighted by atomic mass is 16.7. The fraction of sp³-hybridized carbons (Fsp3) is 0.947. The van der Waals surface area contributed by atoms with Crippen molar-refractivity contribution in [2.45, 2.75) is 323 Å². The van der Waals surface area contributed by atoms with Gasteiger partial charge in [-0.2, -0.15) is 0 Å². The van der Waals surface area contributed by atoms with Gasteiger partial charge in [-0.3, -0.25) is 9.80 Å². The summed E-state index contributed by atoms with van der Waals surface area (Å²) in [4.78, 5) is 57.7. The Morgan fingerprint density at radius 3 is 0.612 bits per heavy atom. The minimum Gasteiger partial charge on any atom is -0.464 e. The largest absolute Gasteiger partial charge is 0.464 e. The quantitative estimate of drug-likeness (QED) is 0.0191. The summed E-state index contributed by atoms with van der Waals surface area (Å²) in [7, 11) is 1.92. The van der Waals surface area contributed by atoms with Gasteiger partial charge in [0.1, 0.15) is 0 Å². The third-order valence-electron chi connectivity index (χ3n) is 16.8. The van der Waals surface area contributed by atoms with Crippen molar-refractivity contribution in [1.29, 1.82) is 0 Å². The molecule has 0 fully saturated rings. The maximum Gasteiger partial charge on any atom is 0.336 e. The highest BCUT2D eigenvalue weighted by Gasteiger charge is 2.28. The molecule has 8 atom stereocenters. The molecule has 0 aromatic rings. The van der Waals surface area contributed by atoms with Crippen LogP contribution < -0.4 is 0 Å². The second kappa shape index (κ2) is 70.0. The summed E-state index contributed by atoms with van der Waals surface area (Å²) in [5.74, 6) is -3.16. The van der Waals surface area contributed by atoms with Crippen molar-refractivity contribution in [2.75, 3.05) is 139 Å². The van der Waals surface area contributed by atoms with E-state index in [-0.39, 0.29) is 77.8 Å². The summed E-state index contributed by atoms with van der Waals surface area (Å²) in [6, 6.07) is 0. The number of nitrogens with zero attached hydrogens (tertiary/aromatic N) is 3. The first-order valence-electron chi connectivity index (χ1n) is 38.9. The molecule has 98 heavy (non-hydrogen) atoms. The molecule has 23 nitrogen and oxygen atoms in total. The molecule has 0 aromatic heterocycles. The molecule has 0 saturated carbocycles. The zero-order chi connectivity index (χ0) is 72.3. The number of hydrogen-bond acceptors (Lipinski definition) is 23. The molecule has 0 aromatic carbocycles. The van der Waals surface area contributed by atoms with Crippen molar-refractivity contribution in [2.24, 2.45) is 0 Å². The van der Waals surface area contributed by atoms with Crippen LogP contribution in [0, 0.1) is 0 Å². The fourth-order valence-corrected chi connectivity index (χ4v) is 10.6. The fourth-order valence-electron chi connectivity index (χ4n) is 10.6. The van der Waals surface area contributed by atoms with E-state index in [4.69, 9.17) is 56.8 Å². The molecule has 0 amide bonds. The molecule has 0 spiro atoms. The number of carbonyl (C=O) groups is 4. The number of hydrogen-bond donors (Lipinski definition) is 4. The molecule has 0 aliphatic rings. The molecule has 0 bridgehead atoms. The Kier molecular flexibility index (Phi) is 68.0. The number of esters is 4. The van der Waals surface area contributed by atoms with Gasteiger partial charge in [-0.1, -0.05) is 130 Å². The van der Waals surface area contributed by atoms with Crippen LogP contribution >= 0.6 is 0 Å². The zero-order valence-electron chi connectivity index (χ0n) is 63.5. The molecule has 0 heterocycles. The van der Waals surface area contributed by atoms with Gasteiger partial charge >= 0.3 is 23.9 Å².